The number of nitrogens with one attached hydrogen (secondary N) is 4. The molecule has 1 fully saturated rings. The second kappa shape index (κ2) is 11.4. The van der Waals surface area contributed by atoms with Crippen LogP contribution in [0.25, 0.3) is 11.0 Å². The number of halogens is 1. The molecule has 1 aliphatic rings. The fourth-order valence-electron chi connectivity index (χ4n) is 4.24. The summed E-state index contributed by atoms with van der Waals surface area (Å²) in [6, 6.07) is 15.0. The van der Waals surface area contributed by atoms with Crippen molar-refractivity contribution in [1.29, 1.82) is 0 Å². The van der Waals surface area contributed by atoms with Crippen LogP contribution in [0.2, 0.25) is 0 Å². The van der Waals surface area contributed by atoms with E-state index in [1.165, 1.54) is 6.08 Å². The Hall–Kier alpha value is -4.35. The van der Waals surface area contributed by atoms with Crippen LogP contribution in [-0.4, -0.2) is 70.6 Å². The average molecular weight is 520 g/mol. The van der Waals surface area contributed by atoms with Gasteiger partial charge in [-0.05, 0) is 36.4 Å². The molecule has 0 aliphatic carbocycles. The van der Waals surface area contributed by atoms with E-state index in [1.807, 2.05) is 36.4 Å². The zero-order chi connectivity index (χ0) is 26.5. The lowest BCUT2D eigenvalue weighted by molar-refractivity contribution is 0.150. The fraction of sp³-hybridized carbons (Fsp3) is 0.259. The fourth-order valence-corrected chi connectivity index (χ4v) is 4.24. The van der Waals surface area contributed by atoms with Crippen molar-refractivity contribution in [3.05, 3.63) is 67.4 Å². The molecule has 198 valence electrons. The molecule has 1 unspecified atom stereocenters. The Labute approximate surface area is 219 Å². The number of aliphatic hydroxyl groups is 1. The normalized spacial score (nSPS) is 14.5. The molecule has 1 aliphatic heterocycles. The number of rotatable bonds is 12. The molecule has 0 radical (unpaired) electrons. The number of methoxy groups -OCH3 is 1. The topological polar surface area (TPSA) is 120 Å². The van der Waals surface area contributed by atoms with Gasteiger partial charge >= 0.3 is 0 Å². The Morgan fingerprint density at radius 2 is 2.08 bits per heavy atom. The zero-order valence-corrected chi connectivity index (χ0v) is 20.9. The Kier molecular flexibility index (Phi) is 7.57. The first-order chi connectivity index (χ1) is 18.5. The van der Waals surface area contributed by atoms with Gasteiger partial charge < -0.3 is 35.5 Å². The van der Waals surface area contributed by atoms with Gasteiger partial charge in [0.25, 0.3) is 0 Å². The first-order valence-corrected chi connectivity index (χ1v) is 12.2. The van der Waals surface area contributed by atoms with Gasteiger partial charge in [0, 0.05) is 49.3 Å². The maximum atomic E-state index is 12.5. The molecule has 0 saturated carbocycles. The molecule has 4 aromatic rings. The molecule has 1 atom stereocenters. The van der Waals surface area contributed by atoms with E-state index in [9.17, 15) is 9.50 Å². The van der Waals surface area contributed by atoms with E-state index in [0.717, 1.165) is 18.8 Å². The molecule has 1 saturated heterocycles. The van der Waals surface area contributed by atoms with Crippen molar-refractivity contribution >= 4 is 34.0 Å². The predicted octanol–water partition coefficient (Wildman–Crippen LogP) is 4.48. The monoisotopic (exact) mass is 519 g/mol. The quantitative estimate of drug-likeness (QED) is 0.136. The van der Waals surface area contributed by atoms with Crippen LogP contribution >= 0.6 is 0 Å². The van der Waals surface area contributed by atoms with Crippen LogP contribution in [0.15, 0.2) is 67.4 Å². The summed E-state index contributed by atoms with van der Waals surface area (Å²) >= 11 is 0. The molecule has 2 aromatic carbocycles. The van der Waals surface area contributed by atoms with E-state index in [2.05, 4.69) is 42.4 Å². The van der Waals surface area contributed by atoms with Crippen LogP contribution < -0.4 is 25.4 Å². The number of hydrogen-bond donors (Lipinski definition) is 5. The number of ether oxygens (including phenoxy) is 2. The number of hydrogen-bond acceptors (Lipinski definition) is 9. The summed E-state index contributed by atoms with van der Waals surface area (Å²) in [6.07, 6.45) is 2.29. The highest BCUT2D eigenvalue weighted by Crippen LogP contribution is 2.33. The summed E-state index contributed by atoms with van der Waals surface area (Å²) in [5.74, 6) is 1.84. The summed E-state index contributed by atoms with van der Waals surface area (Å²) in [4.78, 5) is 14.4. The standard InChI is InChI=1S/C27H30FN7O3/c1-3-24(36)31-17-5-4-6-20(13-17)38-26-21-9-11-29-25(21)33-27(34-26)32-22-8-7-18(14-23(22)37-2)30-19-15-35(16-19)12-10-28/h3-9,11,13-14,19,24,30-31,36H,1,10,12,15-16H2,2H3,(H2,29,32,33,34). The molecule has 0 amide bonds. The van der Waals surface area contributed by atoms with Crippen molar-refractivity contribution < 1.29 is 19.0 Å². The number of fused-ring (bicyclic) bond motifs is 1. The Bertz CT molecular complexity index is 1410. The highest BCUT2D eigenvalue weighted by molar-refractivity contribution is 5.83. The molecule has 5 rings (SSSR count). The maximum Gasteiger partial charge on any atom is 0.233 e. The van der Waals surface area contributed by atoms with Crippen LogP contribution in [0.5, 0.6) is 17.4 Å². The van der Waals surface area contributed by atoms with Gasteiger partial charge in [-0.25, -0.2) is 4.39 Å². The van der Waals surface area contributed by atoms with E-state index < -0.39 is 6.23 Å². The first-order valence-electron chi connectivity index (χ1n) is 12.2. The average Bonchev–Trinajstić information content (AvgIpc) is 3.37. The van der Waals surface area contributed by atoms with E-state index in [1.54, 1.807) is 25.4 Å². The largest absolute Gasteiger partial charge is 0.494 e. The summed E-state index contributed by atoms with van der Waals surface area (Å²) in [6.45, 7) is 5.34. The van der Waals surface area contributed by atoms with Crippen molar-refractivity contribution in [3.8, 4) is 17.4 Å². The number of benzene rings is 2. The Morgan fingerprint density at radius 3 is 2.87 bits per heavy atom. The lowest BCUT2D eigenvalue weighted by atomic mass is 10.1. The second-order valence-corrected chi connectivity index (χ2v) is 8.88. The third kappa shape index (κ3) is 5.79. The number of aromatic nitrogens is 3. The number of nitrogens with zero attached hydrogens (tertiary/aromatic N) is 3. The van der Waals surface area contributed by atoms with Crippen molar-refractivity contribution in [3.63, 3.8) is 0 Å². The molecule has 38 heavy (non-hydrogen) atoms. The SMILES string of the molecule is C=CC(O)Nc1cccc(Oc2nc(Nc3ccc(NC4CN(CCF)C4)cc3OC)nc3[nH]ccc23)c1. The minimum Gasteiger partial charge on any atom is -0.494 e. The summed E-state index contributed by atoms with van der Waals surface area (Å²) in [7, 11) is 1.60. The van der Waals surface area contributed by atoms with Crippen LogP contribution in [0.4, 0.5) is 27.4 Å². The Balaban J connectivity index is 1.34. The molecule has 11 heteroatoms. The maximum absolute atomic E-state index is 12.5. The molecule has 0 bridgehead atoms. The second-order valence-electron chi connectivity index (χ2n) is 8.88. The number of aromatic amines is 1. The zero-order valence-electron chi connectivity index (χ0n) is 20.9. The molecule has 5 N–H and O–H groups in total. The lowest BCUT2D eigenvalue weighted by Crippen LogP contribution is -2.55. The number of H-pyrrole nitrogens is 1. The van der Waals surface area contributed by atoms with Crippen molar-refractivity contribution in [2.75, 3.05) is 49.4 Å². The predicted molar refractivity (Wildman–Crippen MR) is 146 cm³/mol. The van der Waals surface area contributed by atoms with Gasteiger partial charge in [-0.2, -0.15) is 9.97 Å². The highest BCUT2D eigenvalue weighted by atomic mass is 19.1. The van der Waals surface area contributed by atoms with Gasteiger partial charge in [-0.3, -0.25) is 4.90 Å². The highest BCUT2D eigenvalue weighted by Gasteiger charge is 2.26. The molecule has 3 heterocycles. The minimum absolute atomic E-state index is 0.275. The van der Waals surface area contributed by atoms with Crippen molar-refractivity contribution in [2.24, 2.45) is 0 Å². The van der Waals surface area contributed by atoms with Crippen molar-refractivity contribution in [1.82, 2.24) is 19.9 Å². The minimum atomic E-state index is -0.877. The molecule has 0 spiro atoms. The van der Waals surface area contributed by atoms with E-state index in [4.69, 9.17) is 9.47 Å². The summed E-state index contributed by atoms with van der Waals surface area (Å²) < 4.78 is 24.2. The molecular formula is C27H30FN7O3. The van der Waals surface area contributed by atoms with Gasteiger partial charge in [0.15, 0.2) is 0 Å². The molecule has 2 aromatic heterocycles. The third-order valence-corrected chi connectivity index (χ3v) is 6.14. The molecule has 10 nitrogen and oxygen atoms in total. The number of aliphatic hydroxyl groups excluding tert-OH is 1. The molecular weight excluding hydrogens is 489 g/mol. The van der Waals surface area contributed by atoms with Crippen LogP contribution in [-0.2, 0) is 0 Å². The van der Waals surface area contributed by atoms with Gasteiger partial charge in [-0.15, -0.1) is 0 Å². The van der Waals surface area contributed by atoms with Crippen molar-refractivity contribution in [2.45, 2.75) is 12.3 Å². The van der Waals surface area contributed by atoms with Crippen LogP contribution in [0.1, 0.15) is 0 Å². The van der Waals surface area contributed by atoms with E-state index in [-0.39, 0.29) is 12.7 Å². The number of anilines is 4. The van der Waals surface area contributed by atoms with Crippen LogP contribution in [0, 0.1) is 0 Å². The lowest BCUT2D eigenvalue weighted by Gasteiger charge is -2.39. The summed E-state index contributed by atoms with van der Waals surface area (Å²) in [5, 5.41) is 20.1. The van der Waals surface area contributed by atoms with Crippen LogP contribution in [0.3, 0.4) is 0 Å². The van der Waals surface area contributed by atoms with E-state index >= 15 is 0 Å². The van der Waals surface area contributed by atoms with E-state index in [0.29, 0.717) is 52.3 Å². The van der Waals surface area contributed by atoms with Gasteiger partial charge in [0.2, 0.25) is 11.8 Å². The Morgan fingerprint density at radius 1 is 1.21 bits per heavy atom. The number of alkyl halides is 1. The third-order valence-electron chi connectivity index (χ3n) is 6.14. The number of likely N-dealkylation sites (tertiary alicyclic amines) is 1. The summed E-state index contributed by atoms with van der Waals surface area (Å²) in [5.41, 5.74) is 2.88. The first kappa shape index (κ1) is 25.3. The van der Waals surface area contributed by atoms with Gasteiger partial charge in [0.1, 0.15) is 30.0 Å². The van der Waals surface area contributed by atoms with Gasteiger partial charge in [-0.1, -0.05) is 12.6 Å². The smallest absolute Gasteiger partial charge is 0.233 e. The van der Waals surface area contributed by atoms with Gasteiger partial charge in [0.05, 0.1) is 24.2 Å².